The van der Waals surface area contributed by atoms with E-state index in [-0.39, 0.29) is 36.5 Å². The van der Waals surface area contributed by atoms with Crippen molar-refractivity contribution >= 4 is 29.5 Å². The molecule has 2 heterocycles. The highest BCUT2D eigenvalue weighted by molar-refractivity contribution is 5.98. The van der Waals surface area contributed by atoms with Crippen LogP contribution >= 0.6 is 0 Å². The lowest BCUT2D eigenvalue weighted by Gasteiger charge is -2.35. The van der Waals surface area contributed by atoms with Crippen LogP contribution in [0.15, 0.2) is 60.7 Å². The van der Waals surface area contributed by atoms with Crippen LogP contribution in [-0.4, -0.2) is 89.8 Å². The number of nitrogens with one attached hydrogen (secondary N) is 3. The SMILES string of the molecule is CC(=O)N1CCN(C(=O)NC(CC(=O)N[C@@H](Cc2ccccc2)C(=O)N[C@@H](CC(C)C)C(=O)[C@@]2(C)CO2)c2ccccc2)CC1. The standard InChI is InChI=1S/C34H45N5O6/c1-23(2)19-28(31(42)34(4)22-45-34)36-32(43)29(20-25-11-7-5-8-12-25)35-30(41)21-27(26-13-9-6-10-14-26)37-33(44)39-17-15-38(16-18-39)24(3)40/h5-14,23,27-29H,15-22H2,1-4H3,(H,35,41)(H,36,43)(H,37,44)/t27?,28-,29-,34+/m0/s1. The molecule has 2 aromatic rings. The summed E-state index contributed by atoms with van der Waals surface area (Å²) in [5.41, 5.74) is 0.692. The van der Waals surface area contributed by atoms with Crippen molar-refractivity contribution < 1.29 is 28.7 Å². The topological polar surface area (TPSA) is 140 Å². The minimum absolute atomic E-state index is 0.0297. The summed E-state index contributed by atoms with van der Waals surface area (Å²) in [6, 6.07) is 15.8. The number of epoxide rings is 1. The predicted octanol–water partition coefficient (Wildman–Crippen LogP) is 2.61. The van der Waals surface area contributed by atoms with Crippen LogP contribution in [0.5, 0.6) is 0 Å². The summed E-state index contributed by atoms with van der Waals surface area (Å²) in [6.07, 6.45) is 0.553. The van der Waals surface area contributed by atoms with Gasteiger partial charge >= 0.3 is 6.03 Å². The second-order valence-electron chi connectivity index (χ2n) is 12.5. The smallest absolute Gasteiger partial charge is 0.318 e. The summed E-state index contributed by atoms with van der Waals surface area (Å²) in [4.78, 5) is 68.8. The number of carbonyl (C=O) groups is 5. The Morgan fingerprint density at radius 2 is 1.40 bits per heavy atom. The number of rotatable bonds is 13. The molecule has 0 bridgehead atoms. The second-order valence-corrected chi connectivity index (χ2v) is 12.5. The maximum atomic E-state index is 13.7. The average molecular weight is 620 g/mol. The summed E-state index contributed by atoms with van der Waals surface area (Å²) in [5.74, 6) is -0.947. The first-order chi connectivity index (χ1) is 21.4. The van der Waals surface area contributed by atoms with Crippen LogP contribution in [0.4, 0.5) is 4.79 Å². The normalized spacial score (nSPS) is 19.7. The van der Waals surface area contributed by atoms with Crippen LogP contribution in [-0.2, 0) is 30.3 Å². The van der Waals surface area contributed by atoms with Gasteiger partial charge in [-0.05, 0) is 30.4 Å². The van der Waals surface area contributed by atoms with Crippen LogP contribution < -0.4 is 16.0 Å². The Morgan fingerprint density at radius 1 is 0.822 bits per heavy atom. The number of ether oxygens (including phenoxy) is 1. The molecule has 3 N–H and O–H groups in total. The van der Waals surface area contributed by atoms with Gasteiger partial charge in [-0.15, -0.1) is 0 Å². The third kappa shape index (κ3) is 9.62. The maximum Gasteiger partial charge on any atom is 0.318 e. The highest BCUT2D eigenvalue weighted by Gasteiger charge is 2.50. The number of hydrogen-bond acceptors (Lipinski definition) is 6. The van der Waals surface area contributed by atoms with E-state index in [0.29, 0.717) is 39.2 Å². The molecule has 0 spiro atoms. The monoisotopic (exact) mass is 619 g/mol. The molecule has 0 saturated carbocycles. The van der Waals surface area contributed by atoms with Gasteiger partial charge in [-0.25, -0.2) is 4.79 Å². The molecule has 1 unspecified atom stereocenters. The first-order valence-corrected chi connectivity index (χ1v) is 15.6. The fourth-order valence-electron chi connectivity index (χ4n) is 5.49. The van der Waals surface area contributed by atoms with E-state index in [2.05, 4.69) is 16.0 Å². The minimum Gasteiger partial charge on any atom is -0.361 e. The van der Waals surface area contributed by atoms with Gasteiger partial charge in [0.15, 0.2) is 5.78 Å². The molecular weight excluding hydrogens is 574 g/mol. The number of nitrogens with zero attached hydrogens (tertiary/aromatic N) is 2. The summed E-state index contributed by atoms with van der Waals surface area (Å²) in [5, 5.41) is 8.78. The number of piperazine rings is 1. The fourth-order valence-corrected chi connectivity index (χ4v) is 5.49. The van der Waals surface area contributed by atoms with Gasteiger partial charge in [0.25, 0.3) is 0 Å². The van der Waals surface area contributed by atoms with Gasteiger partial charge in [0, 0.05) is 39.5 Å². The van der Waals surface area contributed by atoms with Crippen LogP contribution in [0, 0.1) is 5.92 Å². The zero-order valence-corrected chi connectivity index (χ0v) is 26.6. The molecule has 5 amide bonds. The molecule has 2 fully saturated rings. The van der Waals surface area contributed by atoms with Gasteiger partial charge in [-0.1, -0.05) is 74.5 Å². The lowest BCUT2D eigenvalue weighted by Crippen LogP contribution is -2.55. The van der Waals surface area contributed by atoms with E-state index in [0.717, 1.165) is 11.1 Å². The summed E-state index contributed by atoms with van der Waals surface area (Å²) < 4.78 is 5.37. The number of carbonyl (C=O) groups excluding carboxylic acids is 5. The second kappa shape index (κ2) is 15.2. The minimum atomic E-state index is -0.956. The highest BCUT2D eigenvalue weighted by Crippen LogP contribution is 2.29. The number of urea groups is 1. The van der Waals surface area contributed by atoms with Crippen LogP contribution in [0.2, 0.25) is 0 Å². The van der Waals surface area contributed by atoms with Gasteiger partial charge in [0.05, 0.1) is 25.1 Å². The quantitative estimate of drug-likeness (QED) is 0.295. The Kier molecular flexibility index (Phi) is 11.3. The van der Waals surface area contributed by atoms with Crippen molar-refractivity contribution in [2.75, 3.05) is 32.8 Å². The van der Waals surface area contributed by atoms with Gasteiger partial charge in [-0.3, -0.25) is 19.2 Å². The Morgan fingerprint density at radius 3 is 1.96 bits per heavy atom. The lowest BCUT2D eigenvalue weighted by atomic mass is 9.93. The zero-order chi connectivity index (χ0) is 32.6. The molecule has 45 heavy (non-hydrogen) atoms. The van der Waals surface area contributed by atoms with Crippen LogP contribution in [0.3, 0.4) is 0 Å². The van der Waals surface area contributed by atoms with Gasteiger partial charge < -0.3 is 30.5 Å². The largest absolute Gasteiger partial charge is 0.361 e. The third-order valence-corrected chi connectivity index (χ3v) is 8.27. The molecular formula is C34H45N5O6. The lowest BCUT2D eigenvalue weighted by molar-refractivity contribution is -0.133. The number of amides is 5. The van der Waals surface area contributed by atoms with E-state index in [1.165, 1.54) is 6.92 Å². The summed E-state index contributed by atoms with van der Waals surface area (Å²) in [6.45, 7) is 9.17. The molecule has 2 aliphatic rings. The molecule has 0 aliphatic carbocycles. The van der Waals surface area contributed by atoms with Crippen LogP contribution in [0.25, 0.3) is 0 Å². The molecule has 2 aliphatic heterocycles. The third-order valence-electron chi connectivity index (χ3n) is 8.27. The van der Waals surface area contributed by atoms with E-state index >= 15 is 0 Å². The Labute approximate surface area is 265 Å². The predicted molar refractivity (Wildman–Crippen MR) is 169 cm³/mol. The molecule has 11 heteroatoms. The van der Waals surface area contributed by atoms with Crippen molar-refractivity contribution in [2.24, 2.45) is 5.92 Å². The van der Waals surface area contributed by atoms with Crippen molar-refractivity contribution in [3.63, 3.8) is 0 Å². The molecule has 2 saturated heterocycles. The molecule has 4 atom stereocenters. The van der Waals surface area contributed by atoms with Crippen molar-refractivity contribution in [1.29, 1.82) is 0 Å². The van der Waals surface area contributed by atoms with Gasteiger partial charge in [0.2, 0.25) is 17.7 Å². The molecule has 242 valence electrons. The first kappa shape index (κ1) is 33.6. The Hall–Kier alpha value is -4.25. The van der Waals surface area contributed by atoms with E-state index in [9.17, 15) is 24.0 Å². The number of Topliss-reactive ketones (excluding diaryl/α,β-unsaturated/α-hetero) is 1. The first-order valence-electron chi connectivity index (χ1n) is 15.6. The molecule has 0 aromatic heterocycles. The number of hydrogen-bond donors (Lipinski definition) is 3. The number of benzene rings is 2. The van der Waals surface area contributed by atoms with E-state index in [1.54, 1.807) is 16.7 Å². The van der Waals surface area contributed by atoms with Crippen molar-refractivity contribution in [3.05, 3.63) is 71.8 Å². The Bertz CT molecular complexity index is 1340. The molecule has 11 nitrogen and oxygen atoms in total. The van der Waals surface area contributed by atoms with Gasteiger partial charge in [0.1, 0.15) is 11.6 Å². The highest BCUT2D eigenvalue weighted by atomic mass is 16.6. The van der Waals surface area contributed by atoms with Crippen molar-refractivity contribution in [2.45, 2.75) is 70.7 Å². The van der Waals surface area contributed by atoms with E-state index < -0.39 is 35.5 Å². The molecule has 4 rings (SSSR count). The summed E-state index contributed by atoms with van der Waals surface area (Å²) in [7, 11) is 0. The van der Waals surface area contributed by atoms with Crippen LogP contribution in [0.1, 0.15) is 57.7 Å². The summed E-state index contributed by atoms with van der Waals surface area (Å²) >= 11 is 0. The van der Waals surface area contributed by atoms with E-state index in [1.807, 2.05) is 74.5 Å². The fraction of sp³-hybridized carbons (Fsp3) is 0.500. The maximum absolute atomic E-state index is 13.7. The number of ketones is 1. The van der Waals surface area contributed by atoms with Gasteiger partial charge in [-0.2, -0.15) is 0 Å². The molecule has 0 radical (unpaired) electrons. The van der Waals surface area contributed by atoms with Crippen molar-refractivity contribution in [1.82, 2.24) is 25.8 Å². The van der Waals surface area contributed by atoms with Crippen molar-refractivity contribution in [3.8, 4) is 0 Å². The zero-order valence-electron chi connectivity index (χ0n) is 26.6. The Balaban J connectivity index is 1.48. The molecule has 2 aromatic carbocycles. The average Bonchev–Trinajstić information content (AvgIpc) is 3.78. The van der Waals surface area contributed by atoms with E-state index in [4.69, 9.17) is 4.74 Å².